The third-order valence-corrected chi connectivity index (χ3v) is 15.8. The summed E-state index contributed by atoms with van der Waals surface area (Å²) in [7, 11) is 0. The number of hydrogen-bond acceptors (Lipinski definition) is 3. The van der Waals surface area contributed by atoms with E-state index < -0.39 is 29.0 Å². The lowest BCUT2D eigenvalue weighted by atomic mass is 9.79. The monoisotopic (exact) mass is 1000 g/mol. The van der Waals surface area contributed by atoms with Crippen LogP contribution in [0.1, 0.15) is 159 Å². The summed E-state index contributed by atoms with van der Waals surface area (Å²) < 4.78 is 45.5. The van der Waals surface area contributed by atoms with Crippen LogP contribution >= 0.6 is 0 Å². The fraction of sp³-hybridized carbons (Fsp3) is 0.286. The fourth-order valence-corrected chi connectivity index (χ4v) is 12.0. The molecule has 0 aliphatic heterocycles. The van der Waals surface area contributed by atoms with Gasteiger partial charge >= 0.3 is 0 Å². The average Bonchev–Trinajstić information content (AvgIpc) is 4.28. The molecule has 0 atom stereocenters. The van der Waals surface area contributed by atoms with Crippen molar-refractivity contribution in [3.63, 3.8) is 0 Å². The highest BCUT2D eigenvalue weighted by Gasteiger charge is 2.32. The van der Waals surface area contributed by atoms with Gasteiger partial charge in [0.25, 0.3) is 0 Å². The second-order valence-electron chi connectivity index (χ2n) is 24.0. The minimum absolute atomic E-state index is 0.147. The van der Waals surface area contributed by atoms with Gasteiger partial charge in [0.05, 0.1) is 55.6 Å². The quantitative estimate of drug-likeness (QED) is 0.157. The lowest BCUT2D eigenvalue weighted by Crippen LogP contribution is -2.17. The number of imidazole rings is 2. The molecule has 0 unspecified atom stereocenters. The minimum Gasteiger partial charge on any atom is -0.507 e. The van der Waals surface area contributed by atoms with Gasteiger partial charge < -0.3 is 9.51 Å². The van der Waals surface area contributed by atoms with Gasteiger partial charge in [-0.1, -0.05) is 206 Å². The molecule has 0 amide bonds. The molecule has 6 heteroatoms. The van der Waals surface area contributed by atoms with Crippen LogP contribution in [-0.4, -0.2) is 28.6 Å². The summed E-state index contributed by atoms with van der Waals surface area (Å²) in [6.07, 6.45) is 0. The number of fused-ring (bicyclic) bond motifs is 9. The van der Waals surface area contributed by atoms with Gasteiger partial charge in [0.2, 0.25) is 0 Å². The summed E-state index contributed by atoms with van der Waals surface area (Å²) in [5.74, 6) is -2.94. The molecule has 4 aromatic heterocycles. The number of phenolic OH excluding ortho intramolecular Hbond substituents is 1. The van der Waals surface area contributed by atoms with Crippen molar-refractivity contribution in [2.24, 2.45) is 0 Å². The van der Waals surface area contributed by atoms with Gasteiger partial charge in [-0.05, 0) is 104 Å². The Morgan fingerprint density at radius 1 is 0.461 bits per heavy atom. The lowest BCUT2D eigenvalue weighted by Gasteiger charge is -2.28. The van der Waals surface area contributed by atoms with Crippen LogP contribution in [0.5, 0.6) is 5.75 Å². The van der Waals surface area contributed by atoms with E-state index in [1.54, 1.807) is 0 Å². The smallest absolute Gasteiger partial charge is 0.149 e. The predicted octanol–water partition coefficient (Wildman–Crippen LogP) is 19.3. The van der Waals surface area contributed by atoms with Crippen molar-refractivity contribution in [2.75, 3.05) is 0 Å². The standard InChI is InChI=1S/C70H71N5O/c1-39(2)46-25-18-26-47(40(3)4)62(46)74-59-33-21-29-50(61(59)72-68(74)54-37-45(69(9,10)11)38-55(66(54)76)70(12,13)14)43-22-17-23-44(36-43)67-71-56-34-35-58-60(53-31-20-30-52-51-24-15-16-32-57(51)73(58)64(52)53)65(56)75(67)63-48(41(5)6)27-19-28-49(63)42(7)8/h15-42,76H,1-14H3/i39D,40D,41D,42D. The zero-order valence-electron chi connectivity index (χ0n) is 50.5. The van der Waals surface area contributed by atoms with E-state index in [1.807, 2.05) is 97.9 Å². The molecule has 4 heterocycles. The third-order valence-electron chi connectivity index (χ3n) is 15.8. The fourth-order valence-electron chi connectivity index (χ4n) is 12.0. The molecule has 0 fully saturated rings. The Labute approximate surface area is 453 Å². The number of para-hydroxylation sites is 5. The van der Waals surface area contributed by atoms with E-state index >= 15 is 0 Å². The number of benzene rings is 8. The molecular formula is C70H71N5O. The van der Waals surface area contributed by atoms with Crippen molar-refractivity contribution in [3.05, 3.63) is 179 Å². The second kappa shape index (κ2) is 17.7. The first-order valence-electron chi connectivity index (χ1n) is 28.8. The first-order chi connectivity index (χ1) is 37.4. The van der Waals surface area contributed by atoms with Crippen molar-refractivity contribution >= 4 is 60.2 Å². The van der Waals surface area contributed by atoms with Gasteiger partial charge in [-0.2, -0.15) is 0 Å². The number of phenols is 1. The van der Waals surface area contributed by atoms with E-state index in [4.69, 9.17) is 9.97 Å². The molecule has 12 rings (SSSR count). The summed E-state index contributed by atoms with van der Waals surface area (Å²) in [5, 5.41) is 17.3. The van der Waals surface area contributed by atoms with E-state index in [0.29, 0.717) is 28.4 Å². The molecule has 382 valence electrons. The van der Waals surface area contributed by atoms with E-state index in [2.05, 4.69) is 158 Å². The predicted molar refractivity (Wildman–Crippen MR) is 322 cm³/mol. The summed E-state index contributed by atoms with van der Waals surface area (Å²) in [6, 6.07) is 50.3. The van der Waals surface area contributed by atoms with Crippen LogP contribution in [-0.2, 0) is 10.8 Å². The number of aromatic hydroxyl groups is 1. The summed E-state index contributed by atoms with van der Waals surface area (Å²) in [6.45, 7) is 28.1. The summed E-state index contributed by atoms with van der Waals surface area (Å²) >= 11 is 0. The maximum absolute atomic E-state index is 12.7. The van der Waals surface area contributed by atoms with Crippen LogP contribution in [0.25, 0.3) is 105 Å². The van der Waals surface area contributed by atoms with Crippen LogP contribution in [0.15, 0.2) is 146 Å². The highest BCUT2D eigenvalue weighted by atomic mass is 16.3. The summed E-state index contributed by atoms with van der Waals surface area (Å²) in [4.78, 5) is 11.3. The molecule has 1 N–H and O–H groups in total. The molecule has 0 aliphatic carbocycles. The Hall–Kier alpha value is -7.70. The molecule has 0 bridgehead atoms. The van der Waals surface area contributed by atoms with Crippen LogP contribution in [0.2, 0.25) is 0 Å². The largest absolute Gasteiger partial charge is 0.507 e. The molecule has 0 spiro atoms. The molecule has 12 aromatic rings. The Balaban J connectivity index is 1.19. The molecule has 76 heavy (non-hydrogen) atoms. The van der Waals surface area contributed by atoms with Crippen LogP contribution in [0.4, 0.5) is 0 Å². The van der Waals surface area contributed by atoms with Gasteiger partial charge in [-0.3, -0.25) is 9.13 Å². The van der Waals surface area contributed by atoms with Gasteiger partial charge in [-0.15, -0.1) is 0 Å². The third kappa shape index (κ3) is 7.49. The molecule has 0 saturated heterocycles. The van der Waals surface area contributed by atoms with Gasteiger partial charge in [0.1, 0.15) is 17.4 Å². The molecule has 0 saturated carbocycles. The SMILES string of the molecule is [2H]C(C)(C)c1cccc(C([2H])(C)C)c1-n1c(-c2cc(C(C)(C)C)cc(C(C)(C)C)c2O)nc2c(-c3cccc(-c4nc5ccc6c(c7cccc8c9ccccc9n6c87)c5n4-c4c(C([2H])(C)C)cccc4C([2H])(C)C)c3)cccc21. The number of nitrogens with zero attached hydrogens (tertiary/aromatic N) is 5. The zero-order chi connectivity index (χ0) is 57.1. The van der Waals surface area contributed by atoms with Crippen LogP contribution in [0, 0.1) is 0 Å². The number of rotatable bonds is 9. The molecule has 6 nitrogen and oxygen atoms in total. The lowest BCUT2D eigenvalue weighted by molar-refractivity contribution is 0.446. The van der Waals surface area contributed by atoms with Crippen molar-refractivity contribution in [3.8, 4) is 51.0 Å². The zero-order valence-corrected chi connectivity index (χ0v) is 46.5. The Morgan fingerprint density at radius 2 is 1.01 bits per heavy atom. The van der Waals surface area contributed by atoms with Gasteiger partial charge in [0.15, 0.2) is 0 Å². The minimum atomic E-state index is -1.08. The van der Waals surface area contributed by atoms with Crippen molar-refractivity contribution in [1.29, 1.82) is 0 Å². The normalized spacial score (nSPS) is 14.2. The van der Waals surface area contributed by atoms with E-state index in [1.165, 1.54) is 10.8 Å². The van der Waals surface area contributed by atoms with Gasteiger partial charge in [0, 0.05) is 43.7 Å². The number of hydrogen-bond donors (Lipinski definition) is 1. The van der Waals surface area contributed by atoms with E-state index in [9.17, 15) is 10.6 Å². The second-order valence-corrected chi connectivity index (χ2v) is 24.0. The summed E-state index contributed by atoms with van der Waals surface area (Å²) in [5.41, 5.74) is 15.3. The van der Waals surface area contributed by atoms with Crippen molar-refractivity contribution in [2.45, 2.75) is 131 Å². The van der Waals surface area contributed by atoms with E-state index in [-0.39, 0.29) is 11.2 Å². The average molecular weight is 1000 g/mol. The topological polar surface area (TPSA) is 60.3 Å². The highest BCUT2D eigenvalue weighted by Crippen LogP contribution is 2.48. The van der Waals surface area contributed by atoms with Crippen LogP contribution < -0.4 is 0 Å². The Kier molecular flexibility index (Phi) is 10.4. The number of aromatic nitrogens is 5. The van der Waals surface area contributed by atoms with Crippen LogP contribution in [0.3, 0.4) is 0 Å². The molecular weight excluding hydrogens is 927 g/mol. The first-order valence-corrected chi connectivity index (χ1v) is 26.8. The first kappa shape index (κ1) is 44.6. The van der Waals surface area contributed by atoms with Gasteiger partial charge in [-0.25, -0.2) is 9.97 Å². The maximum atomic E-state index is 12.7. The molecule has 8 aromatic carbocycles. The van der Waals surface area contributed by atoms with Crippen molar-refractivity contribution < 1.29 is 10.6 Å². The highest BCUT2D eigenvalue weighted by molar-refractivity contribution is 6.28. The van der Waals surface area contributed by atoms with Crippen molar-refractivity contribution in [1.82, 2.24) is 23.5 Å². The molecule has 0 aliphatic rings. The Morgan fingerprint density at radius 3 is 1.64 bits per heavy atom. The maximum Gasteiger partial charge on any atom is 0.149 e. The Bertz CT molecular complexity index is 4430. The van der Waals surface area contributed by atoms with E-state index in [0.717, 1.165) is 99.6 Å². The molecule has 0 radical (unpaired) electrons.